The van der Waals surface area contributed by atoms with E-state index in [1.165, 1.54) is 0 Å². The van der Waals surface area contributed by atoms with Gasteiger partial charge in [0.1, 0.15) is 21.2 Å². The van der Waals surface area contributed by atoms with Crippen LogP contribution in [0, 0.1) is 11.8 Å². The SMILES string of the molecule is CC(C)CCOC(=O)c1c(Cl)cc(Cl)c(Cl)c1OC(=O)C(=O)Oc1c(Cl)c(Cl)cc(Cl)c1C(=O)OCCC(C)C. The van der Waals surface area contributed by atoms with Gasteiger partial charge in [0.05, 0.1) is 33.3 Å². The molecule has 0 heterocycles. The van der Waals surface area contributed by atoms with Crippen LogP contribution in [0.5, 0.6) is 11.5 Å². The zero-order chi connectivity index (χ0) is 30.3. The Morgan fingerprint density at radius 1 is 0.600 bits per heavy atom. The van der Waals surface area contributed by atoms with E-state index < -0.39 is 56.5 Å². The highest BCUT2D eigenvalue weighted by Crippen LogP contribution is 2.42. The molecule has 0 aliphatic heterocycles. The zero-order valence-electron chi connectivity index (χ0n) is 21.7. The summed E-state index contributed by atoms with van der Waals surface area (Å²) in [4.78, 5) is 51.0. The minimum absolute atomic E-state index is 0.0343. The van der Waals surface area contributed by atoms with Gasteiger partial charge in [-0.1, -0.05) is 97.3 Å². The fourth-order valence-electron chi connectivity index (χ4n) is 2.91. The van der Waals surface area contributed by atoms with Crippen LogP contribution in [-0.4, -0.2) is 37.1 Å². The molecular weight excluding hydrogens is 653 g/mol. The van der Waals surface area contributed by atoms with Crippen LogP contribution in [0.25, 0.3) is 0 Å². The third kappa shape index (κ3) is 9.03. The molecule has 2 aromatic rings. The second kappa shape index (κ2) is 15.3. The highest BCUT2D eigenvalue weighted by atomic mass is 35.5. The molecule has 40 heavy (non-hydrogen) atoms. The number of hydrogen-bond donors (Lipinski definition) is 0. The Kier molecular flexibility index (Phi) is 13.1. The number of benzene rings is 2. The predicted octanol–water partition coefficient (Wildman–Crippen LogP) is 8.52. The van der Waals surface area contributed by atoms with Gasteiger partial charge in [-0.15, -0.1) is 0 Å². The number of carbonyl (C=O) groups excluding carboxylic acids is 4. The highest BCUT2D eigenvalue weighted by Gasteiger charge is 2.32. The molecule has 0 aromatic heterocycles. The van der Waals surface area contributed by atoms with Gasteiger partial charge in [0.2, 0.25) is 0 Å². The van der Waals surface area contributed by atoms with Crippen molar-refractivity contribution in [3.8, 4) is 11.5 Å². The Balaban J connectivity index is 2.38. The van der Waals surface area contributed by atoms with Crippen molar-refractivity contribution in [1.82, 2.24) is 0 Å². The van der Waals surface area contributed by atoms with Crippen LogP contribution in [0.1, 0.15) is 61.3 Å². The number of halogens is 6. The van der Waals surface area contributed by atoms with Crippen molar-refractivity contribution in [2.45, 2.75) is 40.5 Å². The summed E-state index contributed by atoms with van der Waals surface area (Å²) < 4.78 is 20.5. The number of hydrogen-bond acceptors (Lipinski definition) is 8. The molecule has 2 aromatic carbocycles. The largest absolute Gasteiger partial charge is 0.462 e. The minimum Gasteiger partial charge on any atom is -0.462 e. The summed E-state index contributed by atoms with van der Waals surface area (Å²) in [6.07, 6.45) is 1.08. The number of ether oxygens (including phenoxy) is 4. The summed E-state index contributed by atoms with van der Waals surface area (Å²) in [5.74, 6) is -6.13. The number of carbonyl (C=O) groups is 4. The molecule has 0 amide bonds. The topological polar surface area (TPSA) is 105 Å². The monoisotopic (exact) mass is 674 g/mol. The van der Waals surface area contributed by atoms with Gasteiger partial charge < -0.3 is 18.9 Å². The van der Waals surface area contributed by atoms with E-state index in [0.717, 1.165) is 12.1 Å². The lowest BCUT2D eigenvalue weighted by Crippen LogP contribution is -2.27. The van der Waals surface area contributed by atoms with Crippen LogP contribution >= 0.6 is 69.6 Å². The average molecular weight is 677 g/mol. The summed E-state index contributed by atoms with van der Waals surface area (Å²) in [5.41, 5.74) is -0.890. The second-order valence-corrected chi connectivity index (χ2v) is 11.5. The third-order valence-electron chi connectivity index (χ3n) is 5.08. The first-order valence-corrected chi connectivity index (χ1v) is 14.1. The van der Waals surface area contributed by atoms with Gasteiger partial charge in [0.15, 0.2) is 11.5 Å². The molecule has 0 unspecified atom stereocenters. The molecule has 0 aliphatic rings. The Morgan fingerprint density at radius 2 is 0.925 bits per heavy atom. The summed E-state index contributed by atoms with van der Waals surface area (Å²) in [6.45, 7) is 7.77. The molecule has 2 rings (SSSR count). The van der Waals surface area contributed by atoms with E-state index in [1.54, 1.807) is 0 Å². The molecule has 8 nitrogen and oxygen atoms in total. The van der Waals surface area contributed by atoms with Crippen LogP contribution in [0.2, 0.25) is 30.1 Å². The van der Waals surface area contributed by atoms with E-state index in [0.29, 0.717) is 12.8 Å². The maximum atomic E-state index is 12.8. The van der Waals surface area contributed by atoms with Gasteiger partial charge in [0.25, 0.3) is 0 Å². The standard InChI is InChI=1S/C26H24Cl6O8/c1-11(2)5-7-37-23(33)17-13(27)9-15(29)19(31)21(17)39-25(35)26(36)40-22-18(14(28)10-16(30)20(22)32)24(34)38-8-6-12(3)4/h9-12H,5-8H2,1-4H3. The van der Waals surface area contributed by atoms with E-state index in [9.17, 15) is 19.2 Å². The van der Waals surface area contributed by atoms with Crippen LogP contribution in [0.3, 0.4) is 0 Å². The second-order valence-electron chi connectivity index (χ2n) is 9.13. The van der Waals surface area contributed by atoms with Gasteiger partial charge in [-0.2, -0.15) is 0 Å². The smallest absolute Gasteiger partial charge is 0.423 e. The maximum Gasteiger partial charge on any atom is 0.423 e. The Hall–Kier alpha value is -1.94. The van der Waals surface area contributed by atoms with Crippen LogP contribution in [0.15, 0.2) is 12.1 Å². The molecule has 0 atom stereocenters. The van der Waals surface area contributed by atoms with E-state index in [4.69, 9.17) is 88.6 Å². The van der Waals surface area contributed by atoms with Gasteiger partial charge in [-0.3, -0.25) is 0 Å². The molecule has 0 radical (unpaired) electrons. The predicted molar refractivity (Wildman–Crippen MR) is 154 cm³/mol. The lowest BCUT2D eigenvalue weighted by Gasteiger charge is -2.16. The van der Waals surface area contributed by atoms with E-state index in [-0.39, 0.29) is 45.1 Å². The first-order valence-electron chi connectivity index (χ1n) is 11.8. The molecule has 0 N–H and O–H groups in total. The summed E-state index contributed by atoms with van der Waals surface area (Å²) in [5, 5.41) is -1.68. The van der Waals surface area contributed by atoms with Crippen LogP contribution < -0.4 is 9.47 Å². The van der Waals surface area contributed by atoms with E-state index in [1.807, 2.05) is 27.7 Å². The van der Waals surface area contributed by atoms with E-state index in [2.05, 4.69) is 0 Å². The van der Waals surface area contributed by atoms with E-state index >= 15 is 0 Å². The third-order valence-corrected chi connectivity index (χ3v) is 7.21. The molecule has 0 spiro atoms. The molecule has 0 aliphatic carbocycles. The minimum atomic E-state index is -1.68. The fourth-order valence-corrected chi connectivity index (χ4v) is 4.33. The Bertz CT molecular complexity index is 1210. The molecule has 0 saturated heterocycles. The normalized spacial score (nSPS) is 11.0. The summed E-state index contributed by atoms with van der Waals surface area (Å²) >= 11 is 36.7. The zero-order valence-corrected chi connectivity index (χ0v) is 26.2. The summed E-state index contributed by atoms with van der Waals surface area (Å²) in [7, 11) is 0. The average Bonchev–Trinajstić information content (AvgIpc) is 2.84. The molecule has 0 fully saturated rings. The quantitative estimate of drug-likeness (QED) is 0.107. The Labute approximate surface area is 261 Å². The molecule has 0 bridgehead atoms. The van der Waals surface area contributed by atoms with Gasteiger partial charge in [-0.05, 0) is 36.8 Å². The molecule has 14 heteroatoms. The lowest BCUT2D eigenvalue weighted by molar-refractivity contribution is -0.156. The first-order chi connectivity index (χ1) is 18.6. The number of rotatable bonds is 10. The lowest BCUT2D eigenvalue weighted by atomic mass is 10.1. The van der Waals surface area contributed by atoms with Crippen molar-refractivity contribution >= 4 is 93.5 Å². The van der Waals surface area contributed by atoms with Gasteiger partial charge in [0, 0.05) is 0 Å². The van der Waals surface area contributed by atoms with Gasteiger partial charge >= 0.3 is 23.9 Å². The van der Waals surface area contributed by atoms with Crippen molar-refractivity contribution < 1.29 is 38.1 Å². The fraction of sp³-hybridized carbons (Fsp3) is 0.385. The van der Waals surface area contributed by atoms with Crippen molar-refractivity contribution in [2.75, 3.05) is 13.2 Å². The van der Waals surface area contributed by atoms with Crippen molar-refractivity contribution in [3.05, 3.63) is 53.4 Å². The molecular formula is C26H24Cl6O8. The van der Waals surface area contributed by atoms with Crippen LogP contribution in [-0.2, 0) is 19.1 Å². The number of esters is 4. The van der Waals surface area contributed by atoms with Crippen molar-refractivity contribution in [1.29, 1.82) is 0 Å². The first kappa shape index (κ1) is 34.3. The highest BCUT2D eigenvalue weighted by molar-refractivity contribution is 6.47. The van der Waals surface area contributed by atoms with Crippen LogP contribution in [0.4, 0.5) is 0 Å². The van der Waals surface area contributed by atoms with Crippen molar-refractivity contribution in [3.63, 3.8) is 0 Å². The van der Waals surface area contributed by atoms with Gasteiger partial charge in [-0.25, -0.2) is 19.2 Å². The maximum absolute atomic E-state index is 12.8. The van der Waals surface area contributed by atoms with Crippen molar-refractivity contribution in [2.24, 2.45) is 11.8 Å². The Morgan fingerprint density at radius 3 is 1.23 bits per heavy atom. The molecule has 218 valence electrons. The summed E-state index contributed by atoms with van der Waals surface area (Å²) in [6, 6.07) is 2.29. The molecule has 0 saturated carbocycles.